The standard InChI is InChI=1S/C25H23ClN6O3S/c1-12-20-21(14-3-5-15(26)6-4-14)29-18(11-19(34)28-16-7-9-17(33)10-8-16)24-31-30-13(2)32(24)25(20)36-22(12)23(27)35/h3-10,18,23,33,35H,11,27H2,1-2H3,(H,28,34)/t18-,23?/m0/s1. The number of phenolic OH excluding ortho intramolecular Hbond substituents is 1. The molecule has 5 N–H and O–H groups in total. The van der Waals surface area contributed by atoms with Gasteiger partial charge in [0.05, 0.1) is 17.0 Å². The lowest BCUT2D eigenvalue weighted by molar-refractivity contribution is -0.116. The Balaban J connectivity index is 1.64. The van der Waals surface area contributed by atoms with Crippen LogP contribution in [0.25, 0.3) is 5.00 Å². The predicted octanol–water partition coefficient (Wildman–Crippen LogP) is 4.18. The van der Waals surface area contributed by atoms with E-state index in [0.29, 0.717) is 32.9 Å². The fraction of sp³-hybridized carbons (Fsp3) is 0.200. The molecule has 0 fully saturated rings. The molecular weight excluding hydrogens is 500 g/mol. The van der Waals surface area contributed by atoms with E-state index >= 15 is 0 Å². The summed E-state index contributed by atoms with van der Waals surface area (Å²) in [5.74, 6) is 0.984. The van der Waals surface area contributed by atoms with Crippen LogP contribution < -0.4 is 11.1 Å². The molecule has 2 atom stereocenters. The molecule has 1 aliphatic heterocycles. The van der Waals surface area contributed by atoms with Crippen molar-refractivity contribution in [3.05, 3.63) is 86.8 Å². The Morgan fingerprint density at radius 3 is 2.53 bits per heavy atom. The van der Waals surface area contributed by atoms with E-state index < -0.39 is 12.3 Å². The summed E-state index contributed by atoms with van der Waals surface area (Å²) in [7, 11) is 0. The van der Waals surface area contributed by atoms with Gasteiger partial charge in [0, 0.05) is 21.8 Å². The summed E-state index contributed by atoms with van der Waals surface area (Å²) in [4.78, 5) is 18.7. The number of hydrogen-bond acceptors (Lipinski definition) is 8. The number of aromatic hydroxyl groups is 1. The molecular formula is C25H23ClN6O3S. The van der Waals surface area contributed by atoms with Crippen LogP contribution in [0.15, 0.2) is 53.5 Å². The first-order valence-corrected chi connectivity index (χ1v) is 12.3. The third kappa shape index (κ3) is 4.40. The second kappa shape index (κ2) is 9.47. The van der Waals surface area contributed by atoms with Gasteiger partial charge in [0.1, 0.15) is 28.8 Å². The second-order valence-corrected chi connectivity index (χ2v) is 9.92. The highest BCUT2D eigenvalue weighted by atomic mass is 35.5. The first-order valence-electron chi connectivity index (χ1n) is 11.1. The van der Waals surface area contributed by atoms with Crippen LogP contribution in [0.2, 0.25) is 5.02 Å². The quantitative estimate of drug-likeness (QED) is 0.229. The number of aryl methyl sites for hydroxylation is 1. The largest absolute Gasteiger partial charge is 0.508 e. The van der Waals surface area contributed by atoms with Crippen LogP contribution in [0.1, 0.15) is 51.9 Å². The number of nitrogens with zero attached hydrogens (tertiary/aromatic N) is 4. The van der Waals surface area contributed by atoms with Gasteiger partial charge >= 0.3 is 0 Å². The highest BCUT2D eigenvalue weighted by Gasteiger charge is 2.33. The number of thiophene rings is 1. The van der Waals surface area contributed by atoms with E-state index in [1.54, 1.807) is 24.3 Å². The number of aliphatic hydroxyl groups is 1. The molecule has 1 aliphatic rings. The fourth-order valence-corrected chi connectivity index (χ4v) is 5.63. The first-order chi connectivity index (χ1) is 17.2. The highest BCUT2D eigenvalue weighted by Crippen LogP contribution is 2.41. The fourth-order valence-electron chi connectivity index (χ4n) is 4.25. The lowest BCUT2D eigenvalue weighted by atomic mass is 9.99. The number of anilines is 1. The minimum absolute atomic E-state index is 0.0104. The molecule has 0 aliphatic carbocycles. The Labute approximate surface area is 215 Å². The van der Waals surface area contributed by atoms with Gasteiger partial charge in [-0.25, -0.2) is 0 Å². The Bertz CT molecular complexity index is 1470. The van der Waals surface area contributed by atoms with Gasteiger partial charge in [0.2, 0.25) is 5.91 Å². The van der Waals surface area contributed by atoms with Crippen molar-refractivity contribution in [2.75, 3.05) is 5.32 Å². The summed E-state index contributed by atoms with van der Waals surface area (Å²) in [5.41, 5.74) is 9.49. The Morgan fingerprint density at radius 2 is 1.86 bits per heavy atom. The summed E-state index contributed by atoms with van der Waals surface area (Å²) in [6, 6.07) is 12.9. The molecule has 1 unspecified atom stereocenters. The van der Waals surface area contributed by atoms with E-state index in [0.717, 1.165) is 21.7 Å². The smallest absolute Gasteiger partial charge is 0.227 e. The van der Waals surface area contributed by atoms with Crippen LogP contribution in [0.3, 0.4) is 0 Å². The molecule has 9 nitrogen and oxygen atoms in total. The van der Waals surface area contributed by atoms with Gasteiger partial charge in [0.15, 0.2) is 5.82 Å². The number of phenols is 1. The number of nitrogens with two attached hydrogens (primary N) is 1. The zero-order chi connectivity index (χ0) is 25.6. The summed E-state index contributed by atoms with van der Waals surface area (Å²) in [6.07, 6.45) is -1.14. The maximum absolute atomic E-state index is 13.0. The summed E-state index contributed by atoms with van der Waals surface area (Å²) in [6.45, 7) is 3.72. The number of rotatable bonds is 5. The van der Waals surface area contributed by atoms with Crippen LogP contribution >= 0.6 is 22.9 Å². The van der Waals surface area contributed by atoms with Crippen LogP contribution in [0.5, 0.6) is 5.75 Å². The van der Waals surface area contributed by atoms with Gasteiger partial charge < -0.3 is 21.3 Å². The van der Waals surface area contributed by atoms with Gasteiger partial charge in [0.25, 0.3) is 0 Å². The number of nitrogens with one attached hydrogen (secondary N) is 1. The van der Waals surface area contributed by atoms with E-state index in [4.69, 9.17) is 22.3 Å². The Hall–Kier alpha value is -3.57. The minimum atomic E-state index is -1.15. The maximum atomic E-state index is 13.0. The van der Waals surface area contributed by atoms with Gasteiger partial charge in [-0.05, 0) is 55.8 Å². The normalized spacial score (nSPS) is 15.5. The van der Waals surface area contributed by atoms with E-state index in [2.05, 4.69) is 15.5 Å². The topological polar surface area (TPSA) is 139 Å². The van der Waals surface area contributed by atoms with Crippen molar-refractivity contribution in [3.8, 4) is 10.8 Å². The lowest BCUT2D eigenvalue weighted by Crippen LogP contribution is -2.17. The van der Waals surface area contributed by atoms with Crippen molar-refractivity contribution in [2.24, 2.45) is 10.7 Å². The number of aromatic nitrogens is 3. The number of carbonyl (C=O) groups excluding carboxylic acids is 1. The van der Waals surface area contributed by atoms with E-state index in [1.165, 1.54) is 23.5 Å². The molecule has 184 valence electrons. The van der Waals surface area contributed by atoms with Crippen LogP contribution in [-0.2, 0) is 4.79 Å². The average molecular weight is 523 g/mol. The van der Waals surface area contributed by atoms with E-state index in [9.17, 15) is 15.0 Å². The molecule has 0 saturated heterocycles. The first kappa shape index (κ1) is 24.1. The van der Waals surface area contributed by atoms with Crippen LogP contribution in [0, 0.1) is 13.8 Å². The molecule has 0 radical (unpaired) electrons. The van der Waals surface area contributed by atoms with Gasteiger partial charge in [-0.15, -0.1) is 21.5 Å². The number of fused-ring (bicyclic) bond motifs is 3. The summed E-state index contributed by atoms with van der Waals surface area (Å²) < 4.78 is 1.88. The number of aliphatic hydroxyl groups excluding tert-OH is 1. The van der Waals surface area contributed by atoms with E-state index in [1.807, 2.05) is 30.5 Å². The SMILES string of the molecule is Cc1c(C(N)O)sc2c1C(c1ccc(Cl)cc1)=N[C@@H](CC(=O)Nc1ccc(O)cc1)c1nnc(C)n1-2. The zero-order valence-electron chi connectivity index (χ0n) is 19.4. The van der Waals surface area contributed by atoms with Gasteiger partial charge in [-0.3, -0.25) is 14.4 Å². The van der Waals surface area contributed by atoms with Crippen molar-refractivity contribution >= 4 is 40.2 Å². The average Bonchev–Trinajstić information content (AvgIpc) is 3.34. The van der Waals surface area contributed by atoms with Crippen LogP contribution in [-0.4, -0.2) is 36.6 Å². The monoisotopic (exact) mass is 522 g/mol. The van der Waals surface area contributed by atoms with Crippen molar-refractivity contribution < 1.29 is 15.0 Å². The molecule has 11 heteroatoms. The molecule has 2 aromatic carbocycles. The van der Waals surface area contributed by atoms with Crippen molar-refractivity contribution in [1.82, 2.24) is 14.8 Å². The third-order valence-electron chi connectivity index (χ3n) is 5.95. The number of aliphatic imine (C=N–C) groups is 1. The number of carbonyl (C=O) groups is 1. The minimum Gasteiger partial charge on any atom is -0.508 e. The molecule has 3 heterocycles. The van der Waals surface area contributed by atoms with E-state index in [-0.39, 0.29) is 18.1 Å². The number of halogens is 1. The lowest BCUT2D eigenvalue weighted by Gasteiger charge is -2.13. The molecule has 5 rings (SSSR count). The summed E-state index contributed by atoms with van der Waals surface area (Å²) >= 11 is 7.49. The third-order valence-corrected chi connectivity index (χ3v) is 7.55. The second-order valence-electron chi connectivity index (χ2n) is 8.46. The van der Waals surface area contributed by atoms with Gasteiger partial charge in [-0.1, -0.05) is 23.7 Å². The van der Waals surface area contributed by atoms with Gasteiger partial charge in [-0.2, -0.15) is 0 Å². The number of hydrogen-bond donors (Lipinski definition) is 4. The molecule has 0 bridgehead atoms. The van der Waals surface area contributed by atoms with Crippen molar-refractivity contribution in [3.63, 3.8) is 0 Å². The molecule has 1 amide bonds. The summed E-state index contributed by atoms with van der Waals surface area (Å²) in [5, 5.41) is 32.6. The highest BCUT2D eigenvalue weighted by molar-refractivity contribution is 7.15. The number of benzene rings is 2. The molecule has 4 aromatic rings. The maximum Gasteiger partial charge on any atom is 0.227 e. The number of amides is 1. The zero-order valence-corrected chi connectivity index (χ0v) is 21.0. The van der Waals surface area contributed by atoms with Crippen molar-refractivity contribution in [1.29, 1.82) is 0 Å². The van der Waals surface area contributed by atoms with Crippen molar-refractivity contribution in [2.45, 2.75) is 32.5 Å². The molecule has 36 heavy (non-hydrogen) atoms. The Kier molecular flexibility index (Phi) is 6.35. The Morgan fingerprint density at radius 1 is 1.17 bits per heavy atom. The molecule has 0 saturated carbocycles. The predicted molar refractivity (Wildman–Crippen MR) is 139 cm³/mol. The molecule has 2 aromatic heterocycles. The van der Waals surface area contributed by atoms with Crippen LogP contribution in [0.4, 0.5) is 5.69 Å². The molecule has 0 spiro atoms.